The van der Waals surface area contributed by atoms with Crippen LogP contribution in [0.2, 0.25) is 5.02 Å². The summed E-state index contributed by atoms with van der Waals surface area (Å²) in [7, 11) is 0. The topological polar surface area (TPSA) is 49.4 Å². The lowest BCUT2D eigenvalue weighted by molar-refractivity contribution is -0.131. The Bertz CT molecular complexity index is 505. The number of halogens is 1. The second-order valence-corrected chi connectivity index (χ2v) is 5.89. The zero-order valence-corrected chi connectivity index (χ0v) is 14.3. The zero-order chi connectivity index (χ0) is 16.5. The number of carbonyl (C=O) groups is 2. The molecule has 1 unspecified atom stereocenters. The Balaban J connectivity index is 2.32. The highest BCUT2D eigenvalue weighted by Crippen LogP contribution is 2.10. The lowest BCUT2D eigenvalue weighted by atomic mass is 10.1. The molecule has 4 nitrogen and oxygen atoms in total. The molecule has 0 radical (unpaired) electrons. The van der Waals surface area contributed by atoms with Crippen LogP contribution in [0, 0.1) is 0 Å². The highest BCUT2D eigenvalue weighted by Gasteiger charge is 2.16. The summed E-state index contributed by atoms with van der Waals surface area (Å²) < 4.78 is 0. The van der Waals surface area contributed by atoms with Gasteiger partial charge in [0.05, 0.1) is 0 Å². The number of amides is 2. The van der Waals surface area contributed by atoms with Crippen molar-refractivity contribution >= 4 is 23.4 Å². The SMILES string of the molecule is CCC(C)N(CCC(=O)NCCc1cccc(Cl)c1)C(C)=O. The Hall–Kier alpha value is -1.55. The molecule has 0 fully saturated rings. The van der Waals surface area contributed by atoms with Crippen LogP contribution < -0.4 is 5.32 Å². The van der Waals surface area contributed by atoms with Crippen molar-refractivity contribution in [3.05, 3.63) is 34.9 Å². The third kappa shape index (κ3) is 6.48. The summed E-state index contributed by atoms with van der Waals surface area (Å²) in [5.41, 5.74) is 1.10. The van der Waals surface area contributed by atoms with E-state index in [2.05, 4.69) is 5.32 Å². The highest BCUT2D eigenvalue weighted by atomic mass is 35.5. The van der Waals surface area contributed by atoms with Crippen molar-refractivity contribution in [1.82, 2.24) is 10.2 Å². The summed E-state index contributed by atoms with van der Waals surface area (Å²) in [5.74, 6) is -0.0161. The van der Waals surface area contributed by atoms with Gasteiger partial charge in [-0.15, -0.1) is 0 Å². The molecule has 22 heavy (non-hydrogen) atoms. The van der Waals surface area contributed by atoms with Crippen molar-refractivity contribution in [3.63, 3.8) is 0 Å². The van der Waals surface area contributed by atoms with E-state index in [0.717, 1.165) is 18.4 Å². The van der Waals surface area contributed by atoms with Gasteiger partial charge in [0.1, 0.15) is 0 Å². The van der Waals surface area contributed by atoms with Crippen LogP contribution in [0.1, 0.15) is 39.2 Å². The van der Waals surface area contributed by atoms with Gasteiger partial charge in [0.2, 0.25) is 11.8 Å². The van der Waals surface area contributed by atoms with E-state index in [-0.39, 0.29) is 17.9 Å². The minimum absolute atomic E-state index is 0.0149. The highest BCUT2D eigenvalue weighted by molar-refractivity contribution is 6.30. The predicted molar refractivity (Wildman–Crippen MR) is 89.9 cm³/mol. The van der Waals surface area contributed by atoms with Crippen LogP contribution in [0.25, 0.3) is 0 Å². The third-order valence-electron chi connectivity index (χ3n) is 3.73. The second kappa shape index (κ2) is 9.46. The molecule has 0 spiro atoms. The molecule has 0 saturated heterocycles. The van der Waals surface area contributed by atoms with E-state index in [1.54, 1.807) is 11.8 Å². The van der Waals surface area contributed by atoms with Gasteiger partial charge in [0.25, 0.3) is 0 Å². The van der Waals surface area contributed by atoms with Gasteiger partial charge in [-0.25, -0.2) is 0 Å². The minimum atomic E-state index is -0.0309. The Morgan fingerprint density at radius 3 is 2.68 bits per heavy atom. The van der Waals surface area contributed by atoms with E-state index in [1.807, 2.05) is 38.1 Å². The summed E-state index contributed by atoms with van der Waals surface area (Å²) in [6, 6.07) is 7.77. The standard InChI is InChI=1S/C17H25ClN2O2/c1-4-13(2)20(14(3)21)11-9-17(22)19-10-8-15-6-5-7-16(18)12-15/h5-7,12-13H,4,8-11H2,1-3H3,(H,19,22). The first kappa shape index (κ1) is 18.5. The summed E-state index contributed by atoms with van der Waals surface area (Å²) in [6.07, 6.45) is 1.96. The van der Waals surface area contributed by atoms with Crippen molar-refractivity contribution in [2.75, 3.05) is 13.1 Å². The van der Waals surface area contributed by atoms with E-state index < -0.39 is 0 Å². The number of nitrogens with one attached hydrogen (secondary N) is 1. The van der Waals surface area contributed by atoms with Crippen molar-refractivity contribution in [2.24, 2.45) is 0 Å². The monoisotopic (exact) mass is 324 g/mol. The molecule has 5 heteroatoms. The summed E-state index contributed by atoms with van der Waals surface area (Å²) in [4.78, 5) is 25.2. The quantitative estimate of drug-likeness (QED) is 0.799. The van der Waals surface area contributed by atoms with Crippen LogP contribution >= 0.6 is 11.6 Å². The van der Waals surface area contributed by atoms with Gasteiger partial charge in [-0.05, 0) is 37.5 Å². The number of benzene rings is 1. The van der Waals surface area contributed by atoms with Crippen LogP contribution in [-0.2, 0) is 16.0 Å². The van der Waals surface area contributed by atoms with E-state index in [9.17, 15) is 9.59 Å². The molecule has 0 aliphatic rings. The lowest BCUT2D eigenvalue weighted by Crippen LogP contribution is -2.39. The molecule has 1 aromatic rings. The zero-order valence-electron chi connectivity index (χ0n) is 13.6. The van der Waals surface area contributed by atoms with Crippen molar-refractivity contribution in [3.8, 4) is 0 Å². The lowest BCUT2D eigenvalue weighted by Gasteiger charge is -2.27. The molecule has 1 N–H and O–H groups in total. The molecular formula is C17H25ClN2O2. The fraction of sp³-hybridized carbons (Fsp3) is 0.529. The smallest absolute Gasteiger partial charge is 0.221 e. The maximum atomic E-state index is 11.9. The second-order valence-electron chi connectivity index (χ2n) is 5.45. The number of nitrogens with zero attached hydrogens (tertiary/aromatic N) is 1. The number of carbonyl (C=O) groups excluding carboxylic acids is 2. The molecule has 1 atom stereocenters. The van der Waals surface area contributed by atoms with Crippen molar-refractivity contribution in [1.29, 1.82) is 0 Å². The van der Waals surface area contributed by atoms with Crippen molar-refractivity contribution < 1.29 is 9.59 Å². The fourth-order valence-corrected chi connectivity index (χ4v) is 2.47. The van der Waals surface area contributed by atoms with Crippen molar-refractivity contribution in [2.45, 2.75) is 46.1 Å². The number of hydrogen-bond donors (Lipinski definition) is 1. The van der Waals surface area contributed by atoms with Gasteiger partial charge >= 0.3 is 0 Å². The maximum Gasteiger partial charge on any atom is 0.221 e. The van der Waals surface area contributed by atoms with Crippen LogP contribution in [0.5, 0.6) is 0 Å². The fourth-order valence-electron chi connectivity index (χ4n) is 2.26. The normalized spacial score (nSPS) is 11.8. The molecule has 1 aromatic carbocycles. The summed E-state index contributed by atoms with van der Waals surface area (Å²) in [5, 5.41) is 3.59. The summed E-state index contributed by atoms with van der Waals surface area (Å²) >= 11 is 5.92. The average Bonchev–Trinajstić information content (AvgIpc) is 2.46. The molecule has 0 heterocycles. The molecule has 122 valence electrons. The molecule has 0 aliphatic heterocycles. The average molecular weight is 325 g/mol. The van der Waals surface area contributed by atoms with Gasteiger partial charge in [-0.3, -0.25) is 9.59 Å². The first-order valence-corrected chi connectivity index (χ1v) is 8.10. The van der Waals surface area contributed by atoms with Crippen LogP contribution in [0.4, 0.5) is 0 Å². The molecule has 1 rings (SSSR count). The Labute approximate surface area is 137 Å². The summed E-state index contributed by atoms with van der Waals surface area (Å²) in [6.45, 7) is 6.61. The number of hydrogen-bond acceptors (Lipinski definition) is 2. The van der Waals surface area contributed by atoms with E-state index in [1.165, 1.54) is 0 Å². The molecule has 0 aliphatic carbocycles. The van der Waals surface area contributed by atoms with E-state index in [0.29, 0.717) is 24.5 Å². The molecule has 0 bridgehead atoms. The molecule has 0 saturated carbocycles. The van der Waals surface area contributed by atoms with E-state index in [4.69, 9.17) is 11.6 Å². The Morgan fingerprint density at radius 2 is 2.09 bits per heavy atom. The molecular weight excluding hydrogens is 300 g/mol. The number of rotatable bonds is 8. The molecule has 0 aromatic heterocycles. The maximum absolute atomic E-state index is 11.9. The van der Waals surface area contributed by atoms with Gasteiger partial charge in [-0.1, -0.05) is 30.7 Å². The minimum Gasteiger partial charge on any atom is -0.356 e. The van der Waals surface area contributed by atoms with E-state index >= 15 is 0 Å². The van der Waals surface area contributed by atoms with Gasteiger partial charge in [0, 0.05) is 37.5 Å². The van der Waals surface area contributed by atoms with Crippen LogP contribution in [0.15, 0.2) is 24.3 Å². The van der Waals surface area contributed by atoms with Gasteiger partial charge in [-0.2, -0.15) is 0 Å². The largest absolute Gasteiger partial charge is 0.356 e. The molecule has 2 amide bonds. The first-order valence-electron chi connectivity index (χ1n) is 7.72. The first-order chi connectivity index (χ1) is 10.4. The van der Waals surface area contributed by atoms with Crippen LogP contribution in [-0.4, -0.2) is 35.8 Å². The van der Waals surface area contributed by atoms with Gasteiger partial charge < -0.3 is 10.2 Å². The van der Waals surface area contributed by atoms with Gasteiger partial charge in [0.15, 0.2) is 0 Å². The Morgan fingerprint density at radius 1 is 1.36 bits per heavy atom. The third-order valence-corrected chi connectivity index (χ3v) is 3.97. The Kier molecular flexibility index (Phi) is 7.96. The van der Waals surface area contributed by atoms with Crippen LogP contribution in [0.3, 0.4) is 0 Å². The predicted octanol–water partition coefficient (Wildman–Crippen LogP) is 3.04.